The molecule has 1 atom stereocenters. The number of hydrogen-bond acceptors (Lipinski definition) is 3. The highest BCUT2D eigenvalue weighted by Crippen LogP contribution is 2.26. The van der Waals surface area contributed by atoms with Gasteiger partial charge in [0, 0.05) is 12.5 Å². The van der Waals surface area contributed by atoms with E-state index < -0.39 is 0 Å². The summed E-state index contributed by atoms with van der Waals surface area (Å²) < 4.78 is 4.57. The van der Waals surface area contributed by atoms with Crippen molar-refractivity contribution in [1.29, 1.82) is 0 Å². The van der Waals surface area contributed by atoms with Gasteiger partial charge >= 0.3 is 5.97 Å². The third-order valence-electron chi connectivity index (χ3n) is 2.75. The summed E-state index contributed by atoms with van der Waals surface area (Å²) in [5.74, 6) is -0.182. The van der Waals surface area contributed by atoms with Gasteiger partial charge in [0.05, 0.1) is 17.2 Å². The lowest BCUT2D eigenvalue weighted by molar-refractivity contribution is -0.140. The number of esters is 1. The summed E-state index contributed by atoms with van der Waals surface area (Å²) in [5, 5.41) is 1.04. The largest absolute Gasteiger partial charge is 0.469 e. The van der Waals surface area contributed by atoms with Crippen molar-refractivity contribution in [3.8, 4) is 0 Å². The lowest BCUT2D eigenvalue weighted by Gasteiger charge is -2.12. The van der Waals surface area contributed by atoms with Crippen LogP contribution in [0.3, 0.4) is 0 Å². The van der Waals surface area contributed by atoms with Crippen LogP contribution in [0.2, 0.25) is 10.0 Å². The number of carbonyl (C=O) groups excluding carboxylic acids is 1. The number of hydrogen-bond donors (Lipinski definition) is 1. The standard InChI is InChI=1S/C13H17Cl2NO2/c1-18-13(17)5-3-2-4-12(16)9-6-7-10(14)11(15)8-9/h6-8,12H,2-5,16H2,1H3. The van der Waals surface area contributed by atoms with Crippen LogP contribution in [0, 0.1) is 0 Å². The van der Waals surface area contributed by atoms with E-state index in [1.54, 1.807) is 12.1 Å². The van der Waals surface area contributed by atoms with Gasteiger partial charge in [0.1, 0.15) is 0 Å². The molecule has 3 nitrogen and oxygen atoms in total. The first kappa shape index (κ1) is 15.3. The number of unbranched alkanes of at least 4 members (excludes halogenated alkanes) is 1. The summed E-state index contributed by atoms with van der Waals surface area (Å²) in [4.78, 5) is 10.9. The molecule has 0 aliphatic carbocycles. The van der Waals surface area contributed by atoms with Crippen LogP contribution < -0.4 is 5.73 Å². The molecule has 1 aromatic carbocycles. The summed E-state index contributed by atoms with van der Waals surface area (Å²) in [5.41, 5.74) is 7.01. The topological polar surface area (TPSA) is 52.3 Å². The molecule has 1 rings (SSSR count). The van der Waals surface area contributed by atoms with Crippen molar-refractivity contribution in [3.05, 3.63) is 33.8 Å². The number of nitrogens with two attached hydrogens (primary N) is 1. The van der Waals surface area contributed by atoms with E-state index in [-0.39, 0.29) is 12.0 Å². The molecule has 0 aliphatic heterocycles. The van der Waals surface area contributed by atoms with E-state index in [0.29, 0.717) is 16.5 Å². The van der Waals surface area contributed by atoms with Gasteiger partial charge in [0.25, 0.3) is 0 Å². The SMILES string of the molecule is COC(=O)CCCCC(N)c1ccc(Cl)c(Cl)c1. The maximum atomic E-state index is 10.9. The van der Waals surface area contributed by atoms with Gasteiger partial charge in [-0.25, -0.2) is 0 Å². The quantitative estimate of drug-likeness (QED) is 0.641. The zero-order valence-corrected chi connectivity index (χ0v) is 11.8. The van der Waals surface area contributed by atoms with Gasteiger partial charge in [-0.05, 0) is 30.5 Å². The molecule has 0 heterocycles. The molecule has 0 spiro atoms. The zero-order valence-electron chi connectivity index (χ0n) is 10.3. The summed E-state index contributed by atoms with van der Waals surface area (Å²) in [6.07, 6.45) is 2.89. The smallest absolute Gasteiger partial charge is 0.305 e. The molecule has 0 fully saturated rings. The molecule has 1 unspecified atom stereocenters. The zero-order chi connectivity index (χ0) is 13.5. The summed E-state index contributed by atoms with van der Waals surface area (Å²) >= 11 is 11.8. The summed E-state index contributed by atoms with van der Waals surface area (Å²) in [7, 11) is 1.39. The Morgan fingerprint density at radius 3 is 2.67 bits per heavy atom. The number of carbonyl (C=O) groups is 1. The fraction of sp³-hybridized carbons (Fsp3) is 0.462. The lowest BCUT2D eigenvalue weighted by Crippen LogP contribution is -2.10. The Kier molecular flexibility index (Phi) is 6.47. The molecular weight excluding hydrogens is 273 g/mol. The second-order valence-electron chi connectivity index (χ2n) is 4.10. The Morgan fingerprint density at radius 2 is 2.06 bits per heavy atom. The first-order valence-electron chi connectivity index (χ1n) is 5.82. The molecular formula is C13H17Cl2NO2. The van der Waals surface area contributed by atoms with Gasteiger partial charge in [-0.2, -0.15) is 0 Å². The van der Waals surface area contributed by atoms with Crippen molar-refractivity contribution in [1.82, 2.24) is 0 Å². The van der Waals surface area contributed by atoms with Crippen molar-refractivity contribution in [2.75, 3.05) is 7.11 Å². The van der Waals surface area contributed by atoms with Gasteiger partial charge in [0.15, 0.2) is 0 Å². The summed E-state index contributed by atoms with van der Waals surface area (Å²) in [6.45, 7) is 0. The Hall–Kier alpha value is -0.770. The van der Waals surface area contributed by atoms with Crippen LogP contribution in [0.15, 0.2) is 18.2 Å². The number of rotatable bonds is 6. The monoisotopic (exact) mass is 289 g/mol. The first-order chi connectivity index (χ1) is 8.54. The minimum absolute atomic E-state index is 0.0857. The third-order valence-corrected chi connectivity index (χ3v) is 3.48. The summed E-state index contributed by atoms with van der Waals surface area (Å²) in [6, 6.07) is 5.32. The second kappa shape index (κ2) is 7.62. The lowest BCUT2D eigenvalue weighted by atomic mass is 10.0. The van der Waals surface area contributed by atoms with E-state index in [1.165, 1.54) is 7.11 Å². The number of methoxy groups -OCH3 is 1. The van der Waals surface area contributed by atoms with Crippen molar-refractivity contribution in [2.24, 2.45) is 5.73 Å². The van der Waals surface area contributed by atoms with Gasteiger partial charge < -0.3 is 10.5 Å². The third kappa shape index (κ3) is 4.84. The fourth-order valence-electron chi connectivity index (χ4n) is 1.65. The highest BCUT2D eigenvalue weighted by molar-refractivity contribution is 6.42. The molecule has 2 N–H and O–H groups in total. The van der Waals surface area contributed by atoms with Crippen LogP contribution in [-0.4, -0.2) is 13.1 Å². The minimum Gasteiger partial charge on any atom is -0.469 e. The van der Waals surface area contributed by atoms with Crippen molar-refractivity contribution >= 4 is 29.2 Å². The molecule has 0 bridgehead atoms. The average Bonchev–Trinajstić information content (AvgIpc) is 2.37. The van der Waals surface area contributed by atoms with Gasteiger partial charge in [-0.15, -0.1) is 0 Å². The van der Waals surface area contributed by atoms with Crippen LogP contribution >= 0.6 is 23.2 Å². The fourth-order valence-corrected chi connectivity index (χ4v) is 1.95. The number of halogens is 2. The van der Waals surface area contributed by atoms with E-state index in [0.717, 1.165) is 24.8 Å². The Bertz CT molecular complexity index is 410. The van der Waals surface area contributed by atoms with Crippen LogP contribution in [0.25, 0.3) is 0 Å². The molecule has 18 heavy (non-hydrogen) atoms. The Balaban J connectivity index is 2.38. The van der Waals surface area contributed by atoms with E-state index in [2.05, 4.69) is 4.74 Å². The average molecular weight is 290 g/mol. The van der Waals surface area contributed by atoms with Crippen LogP contribution in [0.1, 0.15) is 37.3 Å². The molecule has 0 aliphatic rings. The maximum Gasteiger partial charge on any atom is 0.305 e. The maximum absolute atomic E-state index is 10.9. The molecule has 0 aromatic heterocycles. The molecule has 0 amide bonds. The second-order valence-corrected chi connectivity index (χ2v) is 4.92. The molecule has 0 saturated carbocycles. The molecule has 100 valence electrons. The molecule has 5 heteroatoms. The highest BCUT2D eigenvalue weighted by Gasteiger charge is 2.08. The first-order valence-corrected chi connectivity index (χ1v) is 6.57. The van der Waals surface area contributed by atoms with Crippen LogP contribution in [-0.2, 0) is 9.53 Å². The van der Waals surface area contributed by atoms with Crippen molar-refractivity contribution in [2.45, 2.75) is 31.7 Å². The highest BCUT2D eigenvalue weighted by atomic mass is 35.5. The minimum atomic E-state index is -0.182. The molecule has 0 saturated heterocycles. The van der Waals surface area contributed by atoms with Crippen molar-refractivity contribution < 1.29 is 9.53 Å². The van der Waals surface area contributed by atoms with Gasteiger partial charge in [-0.1, -0.05) is 35.7 Å². The van der Waals surface area contributed by atoms with E-state index >= 15 is 0 Å². The normalized spacial score (nSPS) is 12.2. The van der Waals surface area contributed by atoms with Crippen LogP contribution in [0.5, 0.6) is 0 Å². The van der Waals surface area contributed by atoms with E-state index in [1.807, 2.05) is 6.07 Å². The predicted molar refractivity (Wildman–Crippen MR) is 73.9 cm³/mol. The van der Waals surface area contributed by atoms with Gasteiger partial charge in [0.2, 0.25) is 0 Å². The van der Waals surface area contributed by atoms with Gasteiger partial charge in [-0.3, -0.25) is 4.79 Å². The van der Waals surface area contributed by atoms with Crippen molar-refractivity contribution in [3.63, 3.8) is 0 Å². The number of benzene rings is 1. The predicted octanol–water partition coefficient (Wildman–Crippen LogP) is 3.73. The molecule has 1 aromatic rings. The van der Waals surface area contributed by atoms with Crippen LogP contribution in [0.4, 0.5) is 0 Å². The van der Waals surface area contributed by atoms with E-state index in [9.17, 15) is 4.79 Å². The molecule has 0 radical (unpaired) electrons. The Morgan fingerprint density at radius 1 is 1.33 bits per heavy atom. The number of ether oxygens (including phenoxy) is 1. The Labute approximate surface area is 117 Å². The van der Waals surface area contributed by atoms with E-state index in [4.69, 9.17) is 28.9 Å².